The third-order valence-corrected chi connectivity index (χ3v) is 13.4. The molecule has 1 spiro atoms. The molecule has 5 rings (SSSR count). The first-order valence-corrected chi connectivity index (χ1v) is 17.0. The predicted octanol–water partition coefficient (Wildman–Crippen LogP) is 4.22. The highest BCUT2D eigenvalue weighted by molar-refractivity contribution is 7.95. The third kappa shape index (κ3) is 4.52. The van der Waals surface area contributed by atoms with Gasteiger partial charge in [0.25, 0.3) is 0 Å². The number of aliphatic hydroxyl groups is 2. The van der Waals surface area contributed by atoms with Crippen LogP contribution in [-0.4, -0.2) is 45.5 Å². The number of fused-ring (bicyclic) bond motifs is 6. The molecule has 9 nitrogen and oxygen atoms in total. The highest BCUT2D eigenvalue weighted by Crippen LogP contribution is 2.70. The van der Waals surface area contributed by atoms with Crippen LogP contribution in [0, 0.1) is 46.3 Å². The SMILES string of the molecule is CC(C)CCC[C@@H](C)[C@H]1CC[C@H]2[C@@H]3CC=C4C[C@H](O)CC5(OS(=O)(=O)OS(=O)(=O)O5)[C@]4(C)[C@H]3CC[C@@]12CO. The maximum absolute atomic E-state index is 12.5. The molecule has 1 heterocycles. The molecule has 1 aliphatic heterocycles. The van der Waals surface area contributed by atoms with Crippen molar-refractivity contribution in [3.63, 3.8) is 0 Å². The van der Waals surface area contributed by atoms with Gasteiger partial charge < -0.3 is 10.2 Å². The lowest BCUT2D eigenvalue weighted by atomic mass is 9.45. The molecule has 218 valence electrons. The van der Waals surface area contributed by atoms with Gasteiger partial charge in [-0.1, -0.05) is 58.6 Å². The summed E-state index contributed by atoms with van der Waals surface area (Å²) in [4.78, 5) is 0. The molecule has 1 saturated heterocycles. The van der Waals surface area contributed by atoms with Crippen LogP contribution < -0.4 is 0 Å². The van der Waals surface area contributed by atoms with Crippen molar-refractivity contribution in [2.75, 3.05) is 6.61 Å². The Labute approximate surface area is 228 Å². The van der Waals surface area contributed by atoms with E-state index >= 15 is 0 Å². The van der Waals surface area contributed by atoms with E-state index in [1.54, 1.807) is 0 Å². The van der Waals surface area contributed by atoms with E-state index < -0.39 is 38.1 Å². The van der Waals surface area contributed by atoms with E-state index in [9.17, 15) is 27.0 Å². The number of allylic oxidation sites excluding steroid dienone is 1. The third-order valence-electron chi connectivity index (χ3n) is 11.1. The first-order valence-electron chi connectivity index (χ1n) is 14.3. The molecule has 4 fully saturated rings. The molecule has 3 saturated carbocycles. The highest BCUT2D eigenvalue weighted by Gasteiger charge is 2.71. The molecule has 4 aliphatic carbocycles. The summed E-state index contributed by atoms with van der Waals surface area (Å²) in [7, 11) is -9.82. The zero-order valence-electron chi connectivity index (χ0n) is 23.0. The fraction of sp³-hybridized carbons (Fsp3) is 0.926. The van der Waals surface area contributed by atoms with Gasteiger partial charge in [0.15, 0.2) is 0 Å². The summed E-state index contributed by atoms with van der Waals surface area (Å²) in [5, 5.41) is 21.6. The minimum Gasteiger partial charge on any atom is -0.396 e. The van der Waals surface area contributed by atoms with E-state index in [0.29, 0.717) is 30.6 Å². The molecule has 11 heteroatoms. The lowest BCUT2D eigenvalue weighted by molar-refractivity contribution is -0.257. The molecule has 0 unspecified atom stereocenters. The van der Waals surface area contributed by atoms with Crippen molar-refractivity contribution in [3.05, 3.63) is 11.6 Å². The molecule has 0 aromatic heterocycles. The Kier molecular flexibility index (Phi) is 7.44. The second kappa shape index (κ2) is 9.77. The minimum absolute atomic E-state index is 0.116. The number of rotatable bonds is 6. The van der Waals surface area contributed by atoms with E-state index in [0.717, 1.165) is 37.7 Å². The van der Waals surface area contributed by atoms with Crippen LogP contribution in [0.5, 0.6) is 0 Å². The van der Waals surface area contributed by atoms with Gasteiger partial charge in [0.1, 0.15) is 0 Å². The van der Waals surface area contributed by atoms with E-state index in [1.165, 1.54) is 12.8 Å². The largest absolute Gasteiger partial charge is 0.419 e. The van der Waals surface area contributed by atoms with Crippen molar-refractivity contribution in [1.29, 1.82) is 0 Å². The van der Waals surface area contributed by atoms with Crippen molar-refractivity contribution in [2.45, 2.75) is 104 Å². The smallest absolute Gasteiger partial charge is 0.396 e. The van der Waals surface area contributed by atoms with Crippen molar-refractivity contribution < 1.29 is 39.0 Å². The van der Waals surface area contributed by atoms with Gasteiger partial charge in [0.05, 0.1) is 6.10 Å². The Bertz CT molecular complexity index is 1130. The number of hydrogen-bond acceptors (Lipinski definition) is 9. The fourth-order valence-corrected chi connectivity index (χ4v) is 11.8. The topological polar surface area (TPSA) is 136 Å². The Hall–Kier alpha value is -0.560. The summed E-state index contributed by atoms with van der Waals surface area (Å²) >= 11 is 0. The first kappa shape index (κ1) is 29.0. The molecular weight excluding hydrogens is 532 g/mol. The van der Waals surface area contributed by atoms with Crippen LogP contribution in [0.1, 0.15) is 91.9 Å². The van der Waals surface area contributed by atoms with Crippen molar-refractivity contribution >= 4 is 20.8 Å². The Morgan fingerprint density at radius 2 is 1.71 bits per heavy atom. The fourth-order valence-electron chi connectivity index (χ4n) is 9.51. The molecule has 0 amide bonds. The van der Waals surface area contributed by atoms with Crippen molar-refractivity contribution in [2.24, 2.45) is 46.3 Å². The molecule has 0 radical (unpaired) electrons. The van der Waals surface area contributed by atoms with Crippen LogP contribution in [0.4, 0.5) is 0 Å². The zero-order valence-corrected chi connectivity index (χ0v) is 24.6. The standard InChI is InChI=1S/C27H44O9S2/c1-17(2)6-5-7-18(3)22-10-11-24-21-9-8-19-14-20(29)15-27(34-37(30,31)36-38(32,33)35-27)25(19,4)23(21)12-13-26(22,24)16-28/h8,17-18,20-24,28-29H,5-7,9-16H2,1-4H3/t18-,20+,21-,22-,23+,24+,25+,26-/m1/s1. The molecule has 0 aromatic rings. The quantitative estimate of drug-likeness (QED) is 0.445. The van der Waals surface area contributed by atoms with Gasteiger partial charge in [-0.2, -0.15) is 16.8 Å². The van der Waals surface area contributed by atoms with Crippen LogP contribution in [0.25, 0.3) is 0 Å². The lowest BCUT2D eigenvalue weighted by Crippen LogP contribution is -2.66. The van der Waals surface area contributed by atoms with E-state index in [1.807, 2.05) is 13.0 Å². The Morgan fingerprint density at radius 1 is 1.03 bits per heavy atom. The molecule has 0 bridgehead atoms. The van der Waals surface area contributed by atoms with Crippen LogP contribution in [0.15, 0.2) is 11.6 Å². The van der Waals surface area contributed by atoms with Gasteiger partial charge in [-0.15, -0.1) is 3.63 Å². The van der Waals surface area contributed by atoms with Crippen molar-refractivity contribution in [1.82, 2.24) is 0 Å². The number of aliphatic hydroxyl groups excluding tert-OH is 2. The van der Waals surface area contributed by atoms with Crippen LogP contribution >= 0.6 is 0 Å². The predicted molar refractivity (Wildman–Crippen MR) is 140 cm³/mol. The second-order valence-corrected chi connectivity index (χ2v) is 15.8. The normalized spacial score (nSPS) is 43.7. The van der Waals surface area contributed by atoms with Gasteiger partial charge in [0, 0.05) is 18.4 Å². The zero-order chi connectivity index (χ0) is 27.7. The Balaban J connectivity index is 1.50. The Morgan fingerprint density at radius 3 is 2.34 bits per heavy atom. The maximum atomic E-state index is 12.5. The van der Waals surface area contributed by atoms with Crippen molar-refractivity contribution in [3.8, 4) is 0 Å². The van der Waals surface area contributed by atoms with Crippen LogP contribution in [-0.2, 0) is 32.8 Å². The van der Waals surface area contributed by atoms with E-state index in [-0.39, 0.29) is 36.2 Å². The summed E-state index contributed by atoms with van der Waals surface area (Å²) in [6, 6.07) is 0. The minimum atomic E-state index is -4.91. The summed E-state index contributed by atoms with van der Waals surface area (Å²) in [5.74, 6) is -0.299. The lowest BCUT2D eigenvalue weighted by Gasteiger charge is -2.63. The van der Waals surface area contributed by atoms with E-state index in [4.69, 9.17) is 8.37 Å². The molecule has 8 atom stereocenters. The van der Waals surface area contributed by atoms with Gasteiger partial charge in [-0.3, -0.25) is 0 Å². The molecule has 38 heavy (non-hydrogen) atoms. The maximum Gasteiger partial charge on any atom is 0.419 e. The van der Waals surface area contributed by atoms with Gasteiger partial charge in [-0.25, -0.2) is 8.37 Å². The molecule has 0 aromatic carbocycles. The average Bonchev–Trinajstić information content (AvgIpc) is 3.18. The summed E-state index contributed by atoms with van der Waals surface area (Å²) in [5.41, 5.74) is -0.517. The summed E-state index contributed by atoms with van der Waals surface area (Å²) in [6.45, 7) is 8.79. The average molecular weight is 577 g/mol. The highest BCUT2D eigenvalue weighted by atomic mass is 32.3. The summed E-state index contributed by atoms with van der Waals surface area (Å²) in [6.07, 6.45) is 8.82. The molecule has 5 aliphatic rings. The molecular formula is C27H44O9S2. The van der Waals surface area contributed by atoms with Crippen LogP contribution in [0.2, 0.25) is 0 Å². The van der Waals surface area contributed by atoms with Gasteiger partial charge in [-0.05, 0) is 79.4 Å². The monoisotopic (exact) mass is 576 g/mol. The van der Waals surface area contributed by atoms with Crippen LogP contribution in [0.3, 0.4) is 0 Å². The number of hydrogen-bond donors (Lipinski definition) is 2. The van der Waals surface area contributed by atoms with Gasteiger partial charge in [0.2, 0.25) is 5.79 Å². The van der Waals surface area contributed by atoms with Gasteiger partial charge >= 0.3 is 20.8 Å². The second-order valence-electron chi connectivity index (χ2n) is 13.3. The van der Waals surface area contributed by atoms with E-state index in [2.05, 4.69) is 24.4 Å². The summed E-state index contributed by atoms with van der Waals surface area (Å²) < 4.78 is 65.0. The first-order chi connectivity index (χ1) is 17.7. The molecule has 2 N–H and O–H groups in total.